The van der Waals surface area contributed by atoms with Crippen molar-refractivity contribution in [3.63, 3.8) is 0 Å². The van der Waals surface area contributed by atoms with Gasteiger partial charge in [-0.25, -0.2) is 8.78 Å². The highest BCUT2D eigenvalue weighted by Gasteiger charge is 2.47. The molecule has 6 aliphatic rings. The molecule has 1 unspecified atom stereocenters. The third-order valence-electron chi connectivity index (χ3n) is 14.4. The highest BCUT2D eigenvalue weighted by molar-refractivity contribution is 6.25. The summed E-state index contributed by atoms with van der Waals surface area (Å²) in [6.45, 7) is 7.84. The smallest absolute Gasteiger partial charge is 0.264 e. The predicted molar refractivity (Wildman–Crippen MR) is 233 cm³/mol. The first-order chi connectivity index (χ1) is 30.9. The van der Waals surface area contributed by atoms with E-state index in [0.29, 0.717) is 54.2 Å². The summed E-state index contributed by atoms with van der Waals surface area (Å²) in [6, 6.07) is 8.07. The predicted octanol–water partition coefficient (Wildman–Crippen LogP) is 5.55. The molecule has 0 radical (unpaired) electrons. The molecule has 5 amide bonds. The van der Waals surface area contributed by atoms with Crippen molar-refractivity contribution in [1.82, 2.24) is 39.6 Å². The van der Waals surface area contributed by atoms with Crippen molar-refractivity contribution in [3.05, 3.63) is 76.2 Å². The fraction of sp³-hybridized carbons (Fsp3) is 0.511. The number of alkyl halides is 2. The molecule has 0 aliphatic carbocycles. The van der Waals surface area contributed by atoms with Crippen molar-refractivity contribution >= 4 is 46.7 Å². The molecule has 8 heterocycles. The number of fused-ring (bicyclic) bond motifs is 3. The Morgan fingerprint density at radius 1 is 0.922 bits per heavy atom. The topological polar surface area (TPSA) is 149 Å². The summed E-state index contributed by atoms with van der Waals surface area (Å²) in [4.78, 5) is 73.5. The zero-order chi connectivity index (χ0) is 44.4. The zero-order valence-corrected chi connectivity index (χ0v) is 36.4. The Morgan fingerprint density at radius 3 is 2.47 bits per heavy atom. The Kier molecular flexibility index (Phi) is 11.1. The number of nitrogens with zero attached hydrogens (tertiary/aromatic N) is 9. The number of aryl methyl sites for hydroxylation is 2. The van der Waals surface area contributed by atoms with Crippen LogP contribution in [0.3, 0.4) is 0 Å². The number of hydrogen-bond donors (Lipinski definition) is 1. The molecule has 6 aliphatic heterocycles. The summed E-state index contributed by atoms with van der Waals surface area (Å²) in [5.41, 5.74) is 6.48. The van der Waals surface area contributed by atoms with Crippen LogP contribution in [0.15, 0.2) is 42.7 Å². The SMILES string of the molecule is CC(=O)N1CCc2c(c(N3CCCc4cc(-c5cnn(C)c5)c(C(F)F)cc43)nn2C2CCN(CCCCC3CN(c4cccc5c4C(=O)N(C4CCC(=O)NC4=O)C5=O)C3)CC2)C1. The number of anilines is 3. The van der Waals surface area contributed by atoms with Gasteiger partial charge in [0, 0.05) is 100 Å². The van der Waals surface area contributed by atoms with Crippen LogP contribution in [0.4, 0.5) is 26.0 Å². The molecule has 64 heavy (non-hydrogen) atoms. The van der Waals surface area contributed by atoms with E-state index in [4.69, 9.17) is 5.10 Å². The van der Waals surface area contributed by atoms with Crippen molar-refractivity contribution < 1.29 is 32.8 Å². The van der Waals surface area contributed by atoms with E-state index < -0.39 is 36.1 Å². The number of rotatable bonds is 11. The molecule has 2 aromatic heterocycles. The van der Waals surface area contributed by atoms with Gasteiger partial charge in [-0.05, 0) is 92.8 Å². The molecule has 0 saturated carbocycles. The maximum absolute atomic E-state index is 14.7. The summed E-state index contributed by atoms with van der Waals surface area (Å²) < 4.78 is 33.3. The maximum Gasteiger partial charge on any atom is 0.264 e. The van der Waals surface area contributed by atoms with E-state index in [-0.39, 0.29) is 30.4 Å². The molecule has 1 N–H and O–H groups in total. The number of carbonyl (C=O) groups is 5. The molecule has 15 nitrogen and oxygen atoms in total. The van der Waals surface area contributed by atoms with Crippen LogP contribution < -0.4 is 15.1 Å². The van der Waals surface area contributed by atoms with Gasteiger partial charge in [-0.2, -0.15) is 10.2 Å². The number of unbranched alkanes of at least 4 members (excludes halogenated alkanes) is 1. The minimum Gasteiger partial charge on any atom is -0.370 e. The number of nitrogens with one attached hydrogen (secondary N) is 1. The summed E-state index contributed by atoms with van der Waals surface area (Å²) in [6.07, 6.45) is 8.42. The number of imide groups is 2. The number of hydrogen-bond acceptors (Lipinski definition) is 10. The van der Waals surface area contributed by atoms with E-state index in [2.05, 4.69) is 29.8 Å². The number of aromatic nitrogens is 4. The molecule has 3 saturated heterocycles. The zero-order valence-electron chi connectivity index (χ0n) is 36.4. The van der Waals surface area contributed by atoms with Crippen molar-refractivity contribution in [2.75, 3.05) is 55.6 Å². The van der Waals surface area contributed by atoms with Crippen LogP contribution in [0.2, 0.25) is 0 Å². The Morgan fingerprint density at radius 2 is 1.73 bits per heavy atom. The second-order valence-corrected chi connectivity index (χ2v) is 18.4. The van der Waals surface area contributed by atoms with Crippen molar-refractivity contribution in [2.45, 2.75) is 96.2 Å². The van der Waals surface area contributed by atoms with Gasteiger partial charge >= 0.3 is 0 Å². The molecule has 10 rings (SSSR count). The van der Waals surface area contributed by atoms with Crippen molar-refractivity contribution in [1.29, 1.82) is 0 Å². The first kappa shape index (κ1) is 42.0. The lowest BCUT2D eigenvalue weighted by Crippen LogP contribution is -2.54. The van der Waals surface area contributed by atoms with Gasteiger partial charge in [-0.3, -0.25) is 43.6 Å². The largest absolute Gasteiger partial charge is 0.370 e. The van der Waals surface area contributed by atoms with Crippen LogP contribution in [0.5, 0.6) is 0 Å². The van der Waals surface area contributed by atoms with Gasteiger partial charge in [0.15, 0.2) is 5.82 Å². The van der Waals surface area contributed by atoms with E-state index in [1.54, 1.807) is 49.2 Å². The minimum atomic E-state index is -2.66. The number of amides is 5. The number of piperidine rings is 2. The van der Waals surface area contributed by atoms with Gasteiger partial charge in [-0.1, -0.05) is 12.5 Å². The van der Waals surface area contributed by atoms with Gasteiger partial charge < -0.3 is 19.6 Å². The quantitative estimate of drug-likeness (QED) is 0.150. The first-order valence-electron chi connectivity index (χ1n) is 22.8. The summed E-state index contributed by atoms with van der Waals surface area (Å²) in [5.74, 6) is -0.690. The van der Waals surface area contributed by atoms with Crippen LogP contribution in [-0.2, 0) is 40.8 Å². The van der Waals surface area contributed by atoms with E-state index in [1.165, 1.54) is 0 Å². The number of benzene rings is 2. The lowest BCUT2D eigenvalue weighted by Gasteiger charge is -2.42. The average Bonchev–Trinajstić information content (AvgIpc) is 3.95. The summed E-state index contributed by atoms with van der Waals surface area (Å²) >= 11 is 0. The number of likely N-dealkylation sites (tertiary alicyclic amines) is 1. The fourth-order valence-corrected chi connectivity index (χ4v) is 10.9. The van der Waals surface area contributed by atoms with E-state index in [0.717, 1.165) is 117 Å². The number of halogens is 2. The standard InChI is InChI=1S/C47H54F2N10O5/c1-28(60)55-20-15-37-36(27-55)44(57-17-6-8-30-21-34(31-23-50-53(2)26-31)35(43(48)49)22-40(30)57)52-59(37)32-13-18-54(19-14-32)16-4-3-7-29-24-56(25-29)38-10-5-9-33-42(38)47(64)58(46(33)63)39-11-12-41(61)51-45(39)62/h5,9-10,21-23,26,29,32,39,43H,3-4,6-8,11-20,24-25,27H2,1-2H3,(H,51,61,62). The monoisotopic (exact) mass is 876 g/mol. The Balaban J connectivity index is 0.758. The van der Waals surface area contributed by atoms with E-state index in [1.807, 2.05) is 17.0 Å². The van der Waals surface area contributed by atoms with Gasteiger partial charge in [0.05, 0.1) is 35.6 Å². The lowest BCUT2D eigenvalue weighted by atomic mass is 9.92. The third kappa shape index (κ3) is 7.54. The van der Waals surface area contributed by atoms with Crippen LogP contribution >= 0.6 is 0 Å². The van der Waals surface area contributed by atoms with Gasteiger partial charge in [0.2, 0.25) is 17.7 Å². The summed E-state index contributed by atoms with van der Waals surface area (Å²) in [7, 11) is 1.78. The minimum absolute atomic E-state index is 0.0149. The maximum atomic E-state index is 14.7. The van der Waals surface area contributed by atoms with Crippen molar-refractivity contribution in [2.24, 2.45) is 13.0 Å². The lowest BCUT2D eigenvalue weighted by molar-refractivity contribution is -0.136. The molecule has 0 bridgehead atoms. The molecular formula is C47H54F2N10O5. The highest BCUT2D eigenvalue weighted by atomic mass is 19.3. The fourth-order valence-electron chi connectivity index (χ4n) is 10.9. The normalized spacial score (nSPS) is 20.8. The van der Waals surface area contributed by atoms with Gasteiger partial charge in [-0.15, -0.1) is 0 Å². The van der Waals surface area contributed by atoms with Gasteiger partial charge in [0.25, 0.3) is 18.2 Å². The second kappa shape index (κ2) is 16.9. The second-order valence-electron chi connectivity index (χ2n) is 18.4. The molecule has 4 aromatic rings. The first-order valence-corrected chi connectivity index (χ1v) is 22.8. The average molecular weight is 877 g/mol. The number of carbonyl (C=O) groups excluding carboxylic acids is 5. The molecule has 2 aromatic carbocycles. The van der Waals surface area contributed by atoms with Crippen LogP contribution in [0, 0.1) is 5.92 Å². The van der Waals surface area contributed by atoms with Crippen LogP contribution in [-0.4, -0.2) is 116 Å². The molecule has 17 heteroatoms. The van der Waals surface area contributed by atoms with Crippen molar-refractivity contribution in [3.8, 4) is 11.1 Å². The van der Waals surface area contributed by atoms with Crippen LogP contribution in [0.1, 0.15) is 114 Å². The highest BCUT2D eigenvalue weighted by Crippen LogP contribution is 2.44. The molecule has 1 atom stereocenters. The van der Waals surface area contributed by atoms with E-state index in [9.17, 15) is 32.8 Å². The van der Waals surface area contributed by atoms with E-state index >= 15 is 0 Å². The Hall–Kier alpha value is -5.97. The third-order valence-corrected chi connectivity index (χ3v) is 14.4. The molecular weight excluding hydrogens is 823 g/mol. The Bertz CT molecular complexity index is 2540. The molecule has 0 spiro atoms. The summed E-state index contributed by atoms with van der Waals surface area (Å²) in [5, 5.41) is 11.8. The molecule has 3 fully saturated rings. The molecule has 336 valence electrons. The van der Waals surface area contributed by atoms with Gasteiger partial charge in [0.1, 0.15) is 6.04 Å². The Labute approximate surface area is 370 Å². The van der Waals surface area contributed by atoms with Crippen LogP contribution in [0.25, 0.3) is 11.1 Å².